The summed E-state index contributed by atoms with van der Waals surface area (Å²) in [5, 5.41) is 5.59. The maximum Gasteiger partial charge on any atom is 0.234 e. The van der Waals surface area contributed by atoms with Gasteiger partial charge in [-0.1, -0.05) is 15.9 Å². The van der Waals surface area contributed by atoms with E-state index in [9.17, 15) is 4.79 Å². The Balaban J connectivity index is 0.00000256. The molecule has 0 saturated heterocycles. The highest BCUT2D eigenvalue weighted by Crippen LogP contribution is 2.22. The van der Waals surface area contributed by atoms with Crippen LogP contribution in [0.25, 0.3) is 0 Å². The number of hydrogen-bond donors (Lipinski definition) is 2. The molecule has 0 heterocycles. The number of hydrogen-bond acceptors (Lipinski definition) is 3. The van der Waals surface area contributed by atoms with Crippen LogP contribution in [0.3, 0.4) is 0 Å². The Morgan fingerprint density at radius 1 is 1.47 bits per heavy atom. The van der Waals surface area contributed by atoms with Gasteiger partial charge in [0.1, 0.15) is 5.75 Å². The largest absolute Gasteiger partial charge is 0.496 e. The molecule has 0 spiro atoms. The second kappa shape index (κ2) is 8.33. The van der Waals surface area contributed by atoms with Gasteiger partial charge in [0, 0.05) is 16.6 Å². The number of carbonyl (C=O) groups excluding carboxylic acids is 1. The minimum Gasteiger partial charge on any atom is -0.496 e. The lowest BCUT2D eigenvalue weighted by molar-refractivity contribution is -0.120. The van der Waals surface area contributed by atoms with Gasteiger partial charge in [-0.3, -0.25) is 4.79 Å². The summed E-state index contributed by atoms with van der Waals surface area (Å²) < 4.78 is 6.17. The molecule has 0 bridgehead atoms. The van der Waals surface area contributed by atoms with Gasteiger partial charge in [0.2, 0.25) is 5.91 Å². The molecule has 0 aromatic heterocycles. The average Bonchev–Trinajstić information content (AvgIpc) is 2.27. The van der Waals surface area contributed by atoms with Crippen molar-refractivity contribution in [2.75, 3.05) is 20.7 Å². The normalized spacial score (nSPS) is 9.35. The molecule has 2 N–H and O–H groups in total. The fraction of sp³-hybridized carbons (Fsp3) is 0.364. The molecule has 1 aromatic rings. The Bertz CT molecular complexity index is 374. The summed E-state index contributed by atoms with van der Waals surface area (Å²) in [6.45, 7) is 0.777. The smallest absolute Gasteiger partial charge is 0.234 e. The number of amides is 1. The molecule has 6 heteroatoms. The van der Waals surface area contributed by atoms with E-state index in [-0.39, 0.29) is 18.3 Å². The van der Waals surface area contributed by atoms with Crippen molar-refractivity contribution in [1.82, 2.24) is 10.6 Å². The maximum absolute atomic E-state index is 11.3. The molecule has 96 valence electrons. The lowest BCUT2D eigenvalue weighted by Gasteiger charge is -2.10. The molecule has 0 saturated carbocycles. The second-order valence-corrected chi connectivity index (χ2v) is 4.18. The fourth-order valence-electron chi connectivity index (χ4n) is 1.30. The summed E-state index contributed by atoms with van der Waals surface area (Å²) in [6.07, 6.45) is 0. The molecule has 0 aliphatic rings. The zero-order valence-corrected chi connectivity index (χ0v) is 12.2. The number of ether oxygens (including phenoxy) is 1. The minimum atomic E-state index is -0.0375. The van der Waals surface area contributed by atoms with E-state index in [1.54, 1.807) is 14.2 Å². The van der Waals surface area contributed by atoms with Gasteiger partial charge in [-0.25, -0.2) is 0 Å². The number of carbonyl (C=O) groups is 1. The average molecular weight is 324 g/mol. The van der Waals surface area contributed by atoms with Crippen molar-refractivity contribution >= 4 is 34.2 Å². The van der Waals surface area contributed by atoms with Crippen LogP contribution >= 0.6 is 28.3 Å². The third-order valence-corrected chi connectivity index (χ3v) is 2.55. The van der Waals surface area contributed by atoms with Crippen LogP contribution in [0.1, 0.15) is 5.56 Å². The first-order valence-corrected chi connectivity index (χ1v) is 5.70. The molecule has 0 atom stereocenters. The van der Waals surface area contributed by atoms with Crippen molar-refractivity contribution in [2.45, 2.75) is 6.54 Å². The first kappa shape index (κ1) is 16.2. The highest BCUT2D eigenvalue weighted by atomic mass is 79.9. The van der Waals surface area contributed by atoms with Crippen LogP contribution < -0.4 is 15.4 Å². The molecule has 17 heavy (non-hydrogen) atoms. The standard InChI is InChI=1S/C11H15BrN2O2.ClH/c1-13-7-11(15)14-6-8-5-9(12)3-4-10(8)16-2;/h3-5,13H,6-7H2,1-2H3,(H,14,15);1H. The molecule has 0 aliphatic heterocycles. The van der Waals surface area contributed by atoms with Crippen molar-refractivity contribution < 1.29 is 9.53 Å². The van der Waals surface area contributed by atoms with E-state index in [4.69, 9.17) is 4.74 Å². The summed E-state index contributed by atoms with van der Waals surface area (Å²) in [4.78, 5) is 11.3. The van der Waals surface area contributed by atoms with E-state index in [0.717, 1.165) is 15.8 Å². The van der Waals surface area contributed by atoms with Gasteiger partial charge >= 0.3 is 0 Å². The lowest BCUT2D eigenvalue weighted by Crippen LogP contribution is -2.31. The number of rotatable bonds is 5. The van der Waals surface area contributed by atoms with Gasteiger partial charge in [0.15, 0.2) is 0 Å². The molecular weight excluding hydrogens is 307 g/mol. The van der Waals surface area contributed by atoms with Gasteiger partial charge in [-0.15, -0.1) is 12.4 Å². The fourth-order valence-corrected chi connectivity index (χ4v) is 1.71. The maximum atomic E-state index is 11.3. The van der Waals surface area contributed by atoms with E-state index in [0.29, 0.717) is 13.1 Å². The van der Waals surface area contributed by atoms with E-state index in [1.807, 2.05) is 18.2 Å². The number of benzene rings is 1. The first-order valence-electron chi connectivity index (χ1n) is 4.91. The highest BCUT2D eigenvalue weighted by molar-refractivity contribution is 9.10. The summed E-state index contributed by atoms with van der Waals surface area (Å²) in [6, 6.07) is 5.69. The Morgan fingerprint density at radius 2 is 2.18 bits per heavy atom. The van der Waals surface area contributed by atoms with Crippen LogP contribution in [0, 0.1) is 0 Å². The van der Waals surface area contributed by atoms with E-state index in [2.05, 4.69) is 26.6 Å². The third kappa shape index (κ3) is 5.39. The summed E-state index contributed by atoms with van der Waals surface area (Å²) in [5.74, 6) is 0.734. The molecular formula is C11H16BrClN2O2. The van der Waals surface area contributed by atoms with Crippen molar-refractivity contribution in [2.24, 2.45) is 0 Å². The van der Waals surface area contributed by atoms with Crippen molar-refractivity contribution in [3.63, 3.8) is 0 Å². The van der Waals surface area contributed by atoms with Gasteiger partial charge in [0.25, 0.3) is 0 Å². The molecule has 0 fully saturated rings. The van der Waals surface area contributed by atoms with Crippen LogP contribution in [0.2, 0.25) is 0 Å². The monoisotopic (exact) mass is 322 g/mol. The van der Waals surface area contributed by atoms with Crippen LogP contribution in [0.4, 0.5) is 0 Å². The van der Waals surface area contributed by atoms with Crippen molar-refractivity contribution in [1.29, 1.82) is 0 Å². The topological polar surface area (TPSA) is 50.4 Å². The molecule has 0 unspecified atom stereocenters. The first-order chi connectivity index (χ1) is 7.67. The second-order valence-electron chi connectivity index (χ2n) is 3.26. The summed E-state index contributed by atoms with van der Waals surface area (Å²) in [7, 11) is 3.35. The Hall–Kier alpha value is -0.780. The molecule has 1 rings (SSSR count). The molecule has 1 aromatic carbocycles. The predicted molar refractivity (Wildman–Crippen MR) is 73.7 cm³/mol. The van der Waals surface area contributed by atoms with Crippen LogP contribution in [0.5, 0.6) is 5.75 Å². The van der Waals surface area contributed by atoms with Crippen molar-refractivity contribution in [3.05, 3.63) is 28.2 Å². The summed E-state index contributed by atoms with van der Waals surface area (Å²) in [5.41, 5.74) is 0.946. The van der Waals surface area contributed by atoms with E-state index in [1.165, 1.54) is 0 Å². The van der Waals surface area contributed by atoms with E-state index < -0.39 is 0 Å². The lowest BCUT2D eigenvalue weighted by atomic mass is 10.2. The Kier molecular flexibility index (Phi) is 7.95. The Labute approximate surface area is 116 Å². The predicted octanol–water partition coefficient (Wildman–Crippen LogP) is 1.72. The zero-order valence-electron chi connectivity index (χ0n) is 9.75. The molecule has 4 nitrogen and oxygen atoms in total. The molecule has 0 aliphatic carbocycles. The third-order valence-electron chi connectivity index (χ3n) is 2.06. The van der Waals surface area contributed by atoms with Crippen LogP contribution in [-0.2, 0) is 11.3 Å². The van der Waals surface area contributed by atoms with Gasteiger partial charge in [-0.05, 0) is 25.2 Å². The van der Waals surface area contributed by atoms with E-state index >= 15 is 0 Å². The SMILES string of the molecule is CNCC(=O)NCc1cc(Br)ccc1OC.Cl. The molecule has 0 radical (unpaired) electrons. The van der Waals surface area contributed by atoms with Gasteiger partial charge in [0.05, 0.1) is 13.7 Å². The van der Waals surface area contributed by atoms with Gasteiger partial charge in [-0.2, -0.15) is 0 Å². The number of methoxy groups -OCH3 is 1. The number of likely N-dealkylation sites (N-methyl/N-ethyl adjacent to an activating group) is 1. The zero-order chi connectivity index (χ0) is 12.0. The summed E-state index contributed by atoms with van der Waals surface area (Å²) >= 11 is 3.38. The Morgan fingerprint density at radius 3 is 2.76 bits per heavy atom. The quantitative estimate of drug-likeness (QED) is 0.867. The van der Waals surface area contributed by atoms with Gasteiger partial charge < -0.3 is 15.4 Å². The number of nitrogens with one attached hydrogen (secondary N) is 2. The highest BCUT2D eigenvalue weighted by Gasteiger charge is 2.05. The van der Waals surface area contributed by atoms with Crippen LogP contribution in [0.15, 0.2) is 22.7 Å². The van der Waals surface area contributed by atoms with Crippen LogP contribution in [-0.4, -0.2) is 26.6 Å². The van der Waals surface area contributed by atoms with Crippen molar-refractivity contribution in [3.8, 4) is 5.75 Å². The molecule has 1 amide bonds. The minimum absolute atomic E-state index is 0. The number of halogens is 2.